The van der Waals surface area contributed by atoms with E-state index in [0.717, 1.165) is 41.8 Å². The lowest BCUT2D eigenvalue weighted by molar-refractivity contribution is -0.116. The van der Waals surface area contributed by atoms with E-state index in [0.29, 0.717) is 24.7 Å². The minimum atomic E-state index is 0.0266. The Balaban J connectivity index is 1.38. The SMILES string of the molecule is Cc1cc(C)c(NC(=O)CCN2CCCC2c2nc(-c3ccncc3)no2)c(C)c1. The van der Waals surface area contributed by atoms with Gasteiger partial charge in [0.2, 0.25) is 17.6 Å². The molecule has 0 saturated carbocycles. The van der Waals surface area contributed by atoms with Crippen LogP contribution in [-0.2, 0) is 4.79 Å². The van der Waals surface area contributed by atoms with Crippen molar-refractivity contribution in [3.05, 3.63) is 59.2 Å². The molecular weight excluding hydrogens is 378 g/mol. The van der Waals surface area contributed by atoms with Gasteiger partial charge in [0.15, 0.2) is 0 Å². The molecule has 1 N–H and O–H groups in total. The van der Waals surface area contributed by atoms with Crippen molar-refractivity contribution in [2.75, 3.05) is 18.4 Å². The van der Waals surface area contributed by atoms with Gasteiger partial charge in [0.25, 0.3) is 0 Å². The summed E-state index contributed by atoms with van der Waals surface area (Å²) in [7, 11) is 0. The molecule has 4 rings (SSSR count). The van der Waals surface area contributed by atoms with E-state index in [4.69, 9.17) is 4.52 Å². The minimum absolute atomic E-state index is 0.0266. The van der Waals surface area contributed by atoms with E-state index in [2.05, 4.69) is 44.4 Å². The van der Waals surface area contributed by atoms with E-state index in [1.807, 2.05) is 26.0 Å². The molecule has 1 saturated heterocycles. The van der Waals surface area contributed by atoms with Crippen LogP contribution < -0.4 is 5.32 Å². The van der Waals surface area contributed by atoms with E-state index in [9.17, 15) is 4.79 Å². The molecule has 1 fully saturated rings. The number of pyridine rings is 1. The monoisotopic (exact) mass is 405 g/mol. The average molecular weight is 406 g/mol. The van der Waals surface area contributed by atoms with Crippen molar-refractivity contribution >= 4 is 11.6 Å². The van der Waals surface area contributed by atoms with Crippen molar-refractivity contribution in [3.8, 4) is 11.4 Å². The number of likely N-dealkylation sites (tertiary alicyclic amines) is 1. The van der Waals surface area contributed by atoms with Crippen LogP contribution in [0.15, 0.2) is 41.2 Å². The van der Waals surface area contributed by atoms with Crippen LogP contribution in [0.5, 0.6) is 0 Å². The van der Waals surface area contributed by atoms with Gasteiger partial charge in [0, 0.05) is 36.6 Å². The lowest BCUT2D eigenvalue weighted by atomic mass is 10.0. The number of rotatable bonds is 6. The Bertz CT molecular complexity index is 1010. The summed E-state index contributed by atoms with van der Waals surface area (Å²) in [5.74, 6) is 1.21. The molecule has 0 spiro atoms. The maximum atomic E-state index is 12.6. The highest BCUT2D eigenvalue weighted by Gasteiger charge is 2.31. The summed E-state index contributed by atoms with van der Waals surface area (Å²) < 4.78 is 5.55. The minimum Gasteiger partial charge on any atom is -0.337 e. The second-order valence-electron chi connectivity index (χ2n) is 7.96. The third kappa shape index (κ3) is 4.41. The van der Waals surface area contributed by atoms with Crippen LogP contribution in [0.3, 0.4) is 0 Å². The Morgan fingerprint density at radius 1 is 1.20 bits per heavy atom. The van der Waals surface area contributed by atoms with Crippen LogP contribution in [0.2, 0.25) is 0 Å². The lowest BCUT2D eigenvalue weighted by Crippen LogP contribution is -2.28. The summed E-state index contributed by atoms with van der Waals surface area (Å²) in [6.45, 7) is 7.71. The highest BCUT2D eigenvalue weighted by Crippen LogP contribution is 2.32. The number of carbonyl (C=O) groups excluding carboxylic acids is 1. The van der Waals surface area contributed by atoms with Gasteiger partial charge in [0.05, 0.1) is 6.04 Å². The third-order valence-corrected chi connectivity index (χ3v) is 5.60. The number of benzene rings is 1. The summed E-state index contributed by atoms with van der Waals surface area (Å²) in [5, 5.41) is 7.21. The van der Waals surface area contributed by atoms with Gasteiger partial charge in [-0.2, -0.15) is 4.98 Å². The molecule has 0 radical (unpaired) electrons. The molecule has 1 aliphatic heterocycles. The van der Waals surface area contributed by atoms with Gasteiger partial charge in [-0.25, -0.2) is 0 Å². The summed E-state index contributed by atoms with van der Waals surface area (Å²) in [6.07, 6.45) is 5.85. The number of aromatic nitrogens is 3. The van der Waals surface area contributed by atoms with Gasteiger partial charge >= 0.3 is 0 Å². The Labute approximate surface area is 176 Å². The molecule has 0 aliphatic carbocycles. The molecule has 0 bridgehead atoms. The standard InChI is InChI=1S/C23H27N5O2/c1-15-13-16(2)21(17(3)14-15)25-20(29)8-12-28-11-4-5-19(28)23-26-22(27-30-23)18-6-9-24-10-7-18/h6-7,9-10,13-14,19H,4-5,8,11-12H2,1-3H3,(H,25,29). The number of hydrogen-bond acceptors (Lipinski definition) is 6. The first-order valence-electron chi connectivity index (χ1n) is 10.4. The highest BCUT2D eigenvalue weighted by atomic mass is 16.5. The number of anilines is 1. The van der Waals surface area contributed by atoms with Crippen molar-refractivity contribution in [1.82, 2.24) is 20.0 Å². The number of carbonyl (C=O) groups is 1. The van der Waals surface area contributed by atoms with E-state index in [-0.39, 0.29) is 11.9 Å². The van der Waals surface area contributed by atoms with Gasteiger partial charge < -0.3 is 9.84 Å². The second kappa shape index (κ2) is 8.75. The predicted octanol–water partition coefficient (Wildman–Crippen LogP) is 4.22. The normalized spacial score (nSPS) is 16.7. The summed E-state index contributed by atoms with van der Waals surface area (Å²) in [4.78, 5) is 23.5. The molecule has 1 unspecified atom stereocenters. The molecule has 156 valence electrons. The van der Waals surface area contributed by atoms with Crippen LogP contribution in [0, 0.1) is 20.8 Å². The van der Waals surface area contributed by atoms with Gasteiger partial charge in [0.1, 0.15) is 0 Å². The van der Waals surface area contributed by atoms with Crippen molar-refractivity contribution in [2.24, 2.45) is 0 Å². The smallest absolute Gasteiger partial charge is 0.244 e. The number of hydrogen-bond donors (Lipinski definition) is 1. The van der Waals surface area contributed by atoms with Crippen LogP contribution in [0.1, 0.15) is 47.9 Å². The van der Waals surface area contributed by atoms with Gasteiger partial charge in [-0.3, -0.25) is 14.7 Å². The van der Waals surface area contributed by atoms with E-state index in [1.54, 1.807) is 12.4 Å². The van der Waals surface area contributed by atoms with Gasteiger partial charge in [-0.05, 0) is 63.4 Å². The first-order chi connectivity index (χ1) is 14.5. The highest BCUT2D eigenvalue weighted by molar-refractivity contribution is 5.92. The van der Waals surface area contributed by atoms with Crippen molar-refractivity contribution < 1.29 is 9.32 Å². The summed E-state index contributed by atoms with van der Waals surface area (Å²) >= 11 is 0. The Morgan fingerprint density at radius 2 is 1.93 bits per heavy atom. The Hall–Kier alpha value is -3.06. The van der Waals surface area contributed by atoms with E-state index >= 15 is 0 Å². The van der Waals surface area contributed by atoms with Crippen LogP contribution in [0.25, 0.3) is 11.4 Å². The zero-order chi connectivity index (χ0) is 21.1. The van der Waals surface area contributed by atoms with E-state index < -0.39 is 0 Å². The molecule has 3 aromatic rings. The third-order valence-electron chi connectivity index (χ3n) is 5.60. The fourth-order valence-corrected chi connectivity index (χ4v) is 4.19. The molecule has 1 aliphatic rings. The fourth-order valence-electron chi connectivity index (χ4n) is 4.19. The fraction of sp³-hybridized carbons (Fsp3) is 0.391. The van der Waals surface area contributed by atoms with Crippen molar-refractivity contribution in [1.29, 1.82) is 0 Å². The van der Waals surface area contributed by atoms with Crippen molar-refractivity contribution in [3.63, 3.8) is 0 Å². The number of nitrogens with zero attached hydrogens (tertiary/aromatic N) is 4. The molecule has 7 heteroatoms. The molecule has 1 amide bonds. The largest absolute Gasteiger partial charge is 0.337 e. The quantitative estimate of drug-likeness (QED) is 0.661. The average Bonchev–Trinajstić information content (AvgIpc) is 3.39. The van der Waals surface area contributed by atoms with Crippen LogP contribution >= 0.6 is 0 Å². The molecular formula is C23H27N5O2. The Kier molecular flexibility index (Phi) is 5.90. The number of nitrogens with one attached hydrogen (secondary N) is 1. The predicted molar refractivity (Wildman–Crippen MR) is 115 cm³/mol. The number of aryl methyl sites for hydroxylation is 3. The van der Waals surface area contributed by atoms with E-state index in [1.165, 1.54) is 5.56 Å². The van der Waals surface area contributed by atoms with Crippen LogP contribution in [-0.4, -0.2) is 39.0 Å². The lowest BCUT2D eigenvalue weighted by Gasteiger charge is -2.21. The van der Waals surface area contributed by atoms with Gasteiger partial charge in [-0.1, -0.05) is 22.9 Å². The topological polar surface area (TPSA) is 84.2 Å². The van der Waals surface area contributed by atoms with Crippen LogP contribution in [0.4, 0.5) is 5.69 Å². The first kappa shape index (κ1) is 20.2. The zero-order valence-corrected chi connectivity index (χ0v) is 17.7. The molecule has 3 heterocycles. The molecule has 1 aromatic carbocycles. The molecule has 7 nitrogen and oxygen atoms in total. The molecule has 2 aromatic heterocycles. The molecule has 1 atom stereocenters. The maximum Gasteiger partial charge on any atom is 0.244 e. The first-order valence-corrected chi connectivity index (χ1v) is 10.4. The van der Waals surface area contributed by atoms with Crippen molar-refractivity contribution in [2.45, 2.75) is 46.1 Å². The Morgan fingerprint density at radius 3 is 2.67 bits per heavy atom. The summed E-state index contributed by atoms with van der Waals surface area (Å²) in [6, 6.07) is 7.97. The maximum absolute atomic E-state index is 12.6. The van der Waals surface area contributed by atoms with Gasteiger partial charge in [-0.15, -0.1) is 0 Å². The summed E-state index contributed by atoms with van der Waals surface area (Å²) in [5.41, 5.74) is 5.19. The number of amides is 1. The second-order valence-corrected chi connectivity index (χ2v) is 7.96. The molecule has 30 heavy (non-hydrogen) atoms. The zero-order valence-electron chi connectivity index (χ0n) is 17.7.